The van der Waals surface area contributed by atoms with Crippen LogP contribution in [0.15, 0.2) is 36.5 Å². The highest BCUT2D eigenvalue weighted by molar-refractivity contribution is 5.71. The number of nitrogens with zero attached hydrogens (tertiary/aromatic N) is 1. The first-order valence-electron chi connectivity index (χ1n) is 5.37. The van der Waals surface area contributed by atoms with Gasteiger partial charge in [0.05, 0.1) is 5.69 Å². The molecule has 0 saturated carbocycles. The maximum absolute atomic E-state index is 12.0. The first-order chi connectivity index (χ1) is 8.87. The Kier molecular flexibility index (Phi) is 3.33. The Morgan fingerprint density at radius 2 is 1.74 bits per heavy atom. The molecule has 0 unspecified atom stereocenters. The Bertz CT molecular complexity index is 579. The minimum absolute atomic E-state index is 0.00647. The minimum Gasteiger partial charge on any atom is -0.505 e. The molecule has 1 aromatic heterocycles. The minimum atomic E-state index is -4.71. The van der Waals surface area contributed by atoms with Crippen LogP contribution in [0.1, 0.15) is 5.69 Å². The van der Waals surface area contributed by atoms with Crippen molar-refractivity contribution in [2.75, 3.05) is 0 Å². The van der Waals surface area contributed by atoms with E-state index >= 15 is 0 Å². The Morgan fingerprint density at radius 1 is 1.11 bits per heavy atom. The molecule has 0 radical (unpaired) electrons. The Labute approximate surface area is 107 Å². The predicted octanol–water partition coefficient (Wildman–Crippen LogP) is 3.66. The second-order valence-corrected chi connectivity index (χ2v) is 3.86. The Morgan fingerprint density at radius 3 is 2.32 bits per heavy atom. The summed E-state index contributed by atoms with van der Waals surface area (Å²) in [5.74, 6) is -0.298. The number of aromatic hydroxyl groups is 1. The molecule has 0 aliphatic carbocycles. The third kappa shape index (κ3) is 3.15. The van der Waals surface area contributed by atoms with Crippen LogP contribution in [0.3, 0.4) is 0 Å². The lowest BCUT2D eigenvalue weighted by Crippen LogP contribution is -2.16. The zero-order valence-electron chi connectivity index (χ0n) is 9.90. The molecule has 0 aliphatic heterocycles. The molecule has 1 heterocycles. The molecule has 0 fully saturated rings. The van der Waals surface area contributed by atoms with Gasteiger partial charge in [0, 0.05) is 11.8 Å². The van der Waals surface area contributed by atoms with E-state index < -0.39 is 6.36 Å². The van der Waals surface area contributed by atoms with Gasteiger partial charge in [0.15, 0.2) is 0 Å². The Balaban J connectivity index is 2.30. The van der Waals surface area contributed by atoms with Gasteiger partial charge in [0.2, 0.25) is 0 Å². The van der Waals surface area contributed by atoms with E-state index in [4.69, 9.17) is 0 Å². The fraction of sp³-hybridized carbons (Fsp3) is 0.154. The van der Waals surface area contributed by atoms with Crippen molar-refractivity contribution in [3.63, 3.8) is 0 Å². The molecular formula is C13H10F3NO2. The number of rotatable bonds is 2. The molecule has 1 N–H and O–H groups in total. The summed E-state index contributed by atoms with van der Waals surface area (Å²) in [7, 11) is 0. The van der Waals surface area contributed by atoms with Gasteiger partial charge in [-0.15, -0.1) is 13.2 Å². The van der Waals surface area contributed by atoms with Gasteiger partial charge in [-0.25, -0.2) is 0 Å². The number of hydrogen-bond acceptors (Lipinski definition) is 3. The third-order valence-electron chi connectivity index (χ3n) is 2.51. The van der Waals surface area contributed by atoms with Gasteiger partial charge in [0.1, 0.15) is 11.5 Å². The van der Waals surface area contributed by atoms with E-state index in [0.717, 1.165) is 0 Å². The van der Waals surface area contributed by atoms with Crippen LogP contribution >= 0.6 is 0 Å². The molecule has 3 nitrogen and oxygen atoms in total. The highest BCUT2D eigenvalue weighted by Gasteiger charge is 2.30. The molecule has 0 spiro atoms. The van der Waals surface area contributed by atoms with Crippen molar-refractivity contribution >= 4 is 0 Å². The van der Waals surface area contributed by atoms with Crippen LogP contribution in [0.5, 0.6) is 11.5 Å². The van der Waals surface area contributed by atoms with Crippen LogP contribution in [-0.2, 0) is 0 Å². The molecular weight excluding hydrogens is 259 g/mol. The van der Waals surface area contributed by atoms with E-state index in [0.29, 0.717) is 16.8 Å². The molecule has 19 heavy (non-hydrogen) atoms. The van der Waals surface area contributed by atoms with Gasteiger partial charge in [0.25, 0.3) is 0 Å². The molecule has 0 aliphatic rings. The van der Waals surface area contributed by atoms with Crippen molar-refractivity contribution in [2.24, 2.45) is 0 Å². The monoisotopic (exact) mass is 269 g/mol. The van der Waals surface area contributed by atoms with Crippen LogP contribution in [0.2, 0.25) is 0 Å². The van der Waals surface area contributed by atoms with E-state index in [2.05, 4.69) is 9.72 Å². The van der Waals surface area contributed by atoms with E-state index in [-0.39, 0.29) is 11.5 Å². The summed E-state index contributed by atoms with van der Waals surface area (Å²) in [5, 5.41) is 9.83. The Hall–Kier alpha value is -2.24. The lowest BCUT2D eigenvalue weighted by molar-refractivity contribution is -0.274. The quantitative estimate of drug-likeness (QED) is 0.904. The summed E-state index contributed by atoms with van der Waals surface area (Å²) in [5.41, 5.74) is 1.54. The first kappa shape index (κ1) is 13.2. The normalized spacial score (nSPS) is 11.4. The van der Waals surface area contributed by atoms with Crippen molar-refractivity contribution in [1.82, 2.24) is 4.98 Å². The summed E-state index contributed by atoms with van der Waals surface area (Å²) in [6.07, 6.45) is -3.19. The SMILES string of the molecule is Cc1nccc(-c2ccc(OC(F)(F)F)cc2)c1O. The average molecular weight is 269 g/mol. The topological polar surface area (TPSA) is 42.4 Å². The lowest BCUT2D eigenvalue weighted by Gasteiger charge is -2.10. The molecule has 6 heteroatoms. The van der Waals surface area contributed by atoms with Crippen LogP contribution in [0.25, 0.3) is 11.1 Å². The average Bonchev–Trinajstić information content (AvgIpc) is 2.32. The number of alkyl halides is 3. The maximum Gasteiger partial charge on any atom is 0.573 e. The van der Waals surface area contributed by atoms with E-state index in [9.17, 15) is 18.3 Å². The largest absolute Gasteiger partial charge is 0.573 e. The fourth-order valence-electron chi connectivity index (χ4n) is 1.63. The fourth-order valence-corrected chi connectivity index (χ4v) is 1.63. The number of aromatic nitrogens is 1. The summed E-state index contributed by atoms with van der Waals surface area (Å²) < 4.78 is 39.8. The van der Waals surface area contributed by atoms with Gasteiger partial charge in [-0.05, 0) is 30.7 Å². The third-order valence-corrected chi connectivity index (χ3v) is 2.51. The van der Waals surface area contributed by atoms with Crippen LogP contribution in [-0.4, -0.2) is 16.5 Å². The summed E-state index contributed by atoms with van der Waals surface area (Å²) in [4.78, 5) is 3.91. The van der Waals surface area contributed by atoms with Crippen molar-refractivity contribution in [3.8, 4) is 22.6 Å². The zero-order chi connectivity index (χ0) is 14.0. The van der Waals surface area contributed by atoms with E-state index in [1.807, 2.05) is 0 Å². The van der Waals surface area contributed by atoms with Gasteiger partial charge in [-0.1, -0.05) is 12.1 Å². The molecule has 0 bridgehead atoms. The predicted molar refractivity (Wildman–Crippen MR) is 62.8 cm³/mol. The standard InChI is InChI=1S/C13H10F3NO2/c1-8-12(18)11(6-7-17-8)9-2-4-10(5-3-9)19-13(14,15)16/h2-7,18H,1H3. The van der Waals surface area contributed by atoms with E-state index in [1.165, 1.54) is 30.5 Å². The van der Waals surface area contributed by atoms with Crippen molar-refractivity contribution < 1.29 is 23.0 Å². The van der Waals surface area contributed by atoms with Crippen molar-refractivity contribution in [1.29, 1.82) is 0 Å². The summed E-state index contributed by atoms with van der Waals surface area (Å²) in [6.45, 7) is 1.64. The number of aryl methyl sites for hydroxylation is 1. The van der Waals surface area contributed by atoms with Crippen LogP contribution in [0.4, 0.5) is 13.2 Å². The van der Waals surface area contributed by atoms with Gasteiger partial charge >= 0.3 is 6.36 Å². The second-order valence-electron chi connectivity index (χ2n) is 3.86. The smallest absolute Gasteiger partial charge is 0.505 e. The van der Waals surface area contributed by atoms with Crippen molar-refractivity contribution in [3.05, 3.63) is 42.2 Å². The number of benzene rings is 1. The zero-order valence-corrected chi connectivity index (χ0v) is 9.90. The van der Waals surface area contributed by atoms with Crippen LogP contribution < -0.4 is 4.74 Å². The maximum atomic E-state index is 12.0. The molecule has 100 valence electrons. The van der Waals surface area contributed by atoms with Gasteiger partial charge < -0.3 is 9.84 Å². The molecule has 0 amide bonds. The second kappa shape index (κ2) is 4.79. The molecule has 2 rings (SSSR count). The summed E-state index contributed by atoms with van der Waals surface area (Å²) >= 11 is 0. The lowest BCUT2D eigenvalue weighted by atomic mass is 10.1. The molecule has 0 saturated heterocycles. The number of ether oxygens (including phenoxy) is 1. The molecule has 2 aromatic rings. The first-order valence-corrected chi connectivity index (χ1v) is 5.37. The molecule has 1 aromatic carbocycles. The van der Waals surface area contributed by atoms with Gasteiger partial charge in [-0.3, -0.25) is 4.98 Å². The van der Waals surface area contributed by atoms with Crippen LogP contribution in [0, 0.1) is 6.92 Å². The highest BCUT2D eigenvalue weighted by atomic mass is 19.4. The van der Waals surface area contributed by atoms with Gasteiger partial charge in [-0.2, -0.15) is 0 Å². The van der Waals surface area contributed by atoms with E-state index in [1.54, 1.807) is 13.0 Å². The number of pyridine rings is 1. The molecule has 0 atom stereocenters. The number of halogens is 3. The summed E-state index contributed by atoms with van der Waals surface area (Å²) in [6, 6.07) is 6.85. The highest BCUT2D eigenvalue weighted by Crippen LogP contribution is 2.32. The van der Waals surface area contributed by atoms with Crippen molar-refractivity contribution in [2.45, 2.75) is 13.3 Å². The number of hydrogen-bond donors (Lipinski definition) is 1.